The molecule has 1 aliphatic rings. The number of nitrogens with two attached hydrogens (primary N) is 1. The second kappa shape index (κ2) is 4.25. The smallest absolute Gasteiger partial charge is 0.221 e. The third-order valence-electron chi connectivity index (χ3n) is 3.24. The van der Waals surface area contributed by atoms with Crippen LogP contribution in [0, 0.1) is 6.92 Å². The van der Waals surface area contributed by atoms with E-state index in [1.54, 1.807) is 6.20 Å². The summed E-state index contributed by atoms with van der Waals surface area (Å²) in [6.07, 6.45) is 5.95. The molecule has 5 nitrogen and oxygen atoms in total. The zero-order chi connectivity index (χ0) is 11.6. The van der Waals surface area contributed by atoms with Crippen molar-refractivity contribution in [2.75, 3.05) is 17.7 Å². The van der Waals surface area contributed by atoms with Gasteiger partial charge < -0.3 is 16.2 Å². The van der Waals surface area contributed by atoms with Crippen LogP contribution in [0.4, 0.5) is 11.8 Å². The fourth-order valence-electron chi connectivity index (χ4n) is 2.21. The van der Waals surface area contributed by atoms with Crippen LogP contribution < -0.4 is 11.1 Å². The average molecular weight is 222 g/mol. The molecule has 1 saturated carbocycles. The van der Waals surface area contributed by atoms with Crippen LogP contribution in [0.25, 0.3) is 0 Å². The fraction of sp³-hybridized carbons (Fsp3) is 0.636. The van der Waals surface area contributed by atoms with Gasteiger partial charge in [-0.15, -0.1) is 0 Å². The topological polar surface area (TPSA) is 84.1 Å². The van der Waals surface area contributed by atoms with Gasteiger partial charge in [0.1, 0.15) is 5.82 Å². The molecule has 2 rings (SSSR count). The van der Waals surface area contributed by atoms with Gasteiger partial charge in [-0.05, 0) is 19.8 Å². The van der Waals surface area contributed by atoms with Crippen LogP contribution in [0.2, 0.25) is 0 Å². The van der Waals surface area contributed by atoms with E-state index in [9.17, 15) is 5.11 Å². The summed E-state index contributed by atoms with van der Waals surface area (Å²) in [6, 6.07) is 0. The number of hydrogen-bond donors (Lipinski definition) is 3. The third-order valence-corrected chi connectivity index (χ3v) is 3.24. The van der Waals surface area contributed by atoms with Gasteiger partial charge >= 0.3 is 0 Å². The molecule has 88 valence electrons. The van der Waals surface area contributed by atoms with Gasteiger partial charge in [0.15, 0.2) is 0 Å². The van der Waals surface area contributed by atoms with Gasteiger partial charge in [0.05, 0.1) is 12.1 Å². The molecule has 0 saturated heterocycles. The number of nitrogens with one attached hydrogen (secondary N) is 1. The first-order chi connectivity index (χ1) is 7.65. The van der Waals surface area contributed by atoms with Crippen molar-refractivity contribution in [2.45, 2.75) is 38.1 Å². The molecule has 0 atom stereocenters. The molecule has 0 radical (unpaired) electrons. The molecular weight excluding hydrogens is 204 g/mol. The lowest BCUT2D eigenvalue weighted by atomic mass is 9.99. The highest BCUT2D eigenvalue weighted by atomic mass is 16.3. The first-order valence-corrected chi connectivity index (χ1v) is 5.63. The van der Waals surface area contributed by atoms with Crippen LogP contribution in [0.3, 0.4) is 0 Å². The number of nitrogens with zero attached hydrogens (tertiary/aromatic N) is 2. The summed E-state index contributed by atoms with van der Waals surface area (Å²) in [5, 5.41) is 12.8. The van der Waals surface area contributed by atoms with Crippen LogP contribution >= 0.6 is 0 Å². The third kappa shape index (κ3) is 2.09. The molecule has 0 aliphatic heterocycles. The lowest BCUT2D eigenvalue weighted by molar-refractivity contribution is 0.213. The summed E-state index contributed by atoms with van der Waals surface area (Å²) < 4.78 is 0. The number of hydrogen-bond acceptors (Lipinski definition) is 5. The van der Waals surface area contributed by atoms with Gasteiger partial charge in [-0.25, -0.2) is 4.98 Å². The van der Waals surface area contributed by atoms with Crippen molar-refractivity contribution >= 4 is 11.8 Å². The molecule has 0 spiro atoms. The minimum Gasteiger partial charge on any atom is -0.394 e. The Morgan fingerprint density at radius 2 is 2.19 bits per heavy atom. The predicted molar refractivity (Wildman–Crippen MR) is 63.1 cm³/mol. The minimum atomic E-state index is -0.217. The van der Waals surface area contributed by atoms with Crippen molar-refractivity contribution in [3.8, 4) is 0 Å². The number of aliphatic hydroxyl groups excluding tert-OH is 1. The van der Waals surface area contributed by atoms with Gasteiger partial charge in [0.25, 0.3) is 0 Å². The highest BCUT2D eigenvalue weighted by molar-refractivity contribution is 5.47. The van der Waals surface area contributed by atoms with Gasteiger partial charge in [0.2, 0.25) is 5.95 Å². The molecule has 1 fully saturated rings. The Labute approximate surface area is 95.1 Å². The average Bonchev–Trinajstić information content (AvgIpc) is 2.73. The van der Waals surface area contributed by atoms with Crippen molar-refractivity contribution in [1.82, 2.24) is 9.97 Å². The molecule has 0 amide bonds. The summed E-state index contributed by atoms with van der Waals surface area (Å²) >= 11 is 0. The van der Waals surface area contributed by atoms with Crippen molar-refractivity contribution in [2.24, 2.45) is 0 Å². The first-order valence-electron chi connectivity index (χ1n) is 5.63. The van der Waals surface area contributed by atoms with Crippen molar-refractivity contribution in [1.29, 1.82) is 0 Å². The van der Waals surface area contributed by atoms with E-state index in [1.807, 2.05) is 6.92 Å². The zero-order valence-corrected chi connectivity index (χ0v) is 9.53. The summed E-state index contributed by atoms with van der Waals surface area (Å²) in [5.74, 6) is 1.00. The Hall–Kier alpha value is -1.36. The van der Waals surface area contributed by atoms with E-state index in [1.165, 1.54) is 0 Å². The van der Waals surface area contributed by atoms with E-state index in [2.05, 4.69) is 15.3 Å². The molecule has 0 bridgehead atoms. The van der Waals surface area contributed by atoms with Crippen LogP contribution in [0.5, 0.6) is 0 Å². The molecule has 0 unspecified atom stereocenters. The van der Waals surface area contributed by atoms with E-state index in [4.69, 9.17) is 5.73 Å². The summed E-state index contributed by atoms with van der Waals surface area (Å²) in [6.45, 7) is 2.07. The lowest BCUT2D eigenvalue weighted by Gasteiger charge is -2.29. The second-order valence-electron chi connectivity index (χ2n) is 4.53. The molecule has 1 aromatic rings. The number of anilines is 2. The molecule has 5 heteroatoms. The van der Waals surface area contributed by atoms with Crippen LogP contribution in [0.15, 0.2) is 6.20 Å². The Morgan fingerprint density at radius 1 is 1.50 bits per heavy atom. The molecule has 4 N–H and O–H groups in total. The van der Waals surface area contributed by atoms with Crippen molar-refractivity contribution in [3.05, 3.63) is 11.8 Å². The SMILES string of the molecule is Cc1cnc(N)nc1NC1(CO)CCCC1. The maximum Gasteiger partial charge on any atom is 0.221 e. The summed E-state index contributed by atoms with van der Waals surface area (Å²) in [5.41, 5.74) is 6.30. The summed E-state index contributed by atoms with van der Waals surface area (Å²) in [4.78, 5) is 8.10. The predicted octanol–water partition coefficient (Wildman–Crippen LogP) is 1.08. The lowest BCUT2D eigenvalue weighted by Crippen LogP contribution is -2.39. The van der Waals surface area contributed by atoms with Gasteiger partial charge in [-0.1, -0.05) is 12.8 Å². The molecule has 1 aliphatic carbocycles. The maximum absolute atomic E-state index is 9.50. The zero-order valence-electron chi connectivity index (χ0n) is 9.53. The van der Waals surface area contributed by atoms with E-state index < -0.39 is 0 Å². The van der Waals surface area contributed by atoms with E-state index in [-0.39, 0.29) is 18.1 Å². The van der Waals surface area contributed by atoms with Gasteiger partial charge in [0, 0.05) is 11.8 Å². The second-order valence-corrected chi connectivity index (χ2v) is 4.53. The number of aromatic nitrogens is 2. The fourth-order valence-corrected chi connectivity index (χ4v) is 2.21. The highest BCUT2D eigenvalue weighted by Gasteiger charge is 2.33. The normalized spacial score (nSPS) is 18.6. The standard InChI is InChI=1S/C11H18N4O/c1-8-6-13-10(12)14-9(8)15-11(7-16)4-2-3-5-11/h6,16H,2-5,7H2,1H3,(H3,12,13,14,15). The Kier molecular flexibility index (Phi) is 2.96. The number of aliphatic hydroxyl groups is 1. The largest absolute Gasteiger partial charge is 0.394 e. The van der Waals surface area contributed by atoms with E-state index in [0.717, 1.165) is 37.1 Å². The summed E-state index contributed by atoms with van der Waals surface area (Å²) in [7, 11) is 0. The highest BCUT2D eigenvalue weighted by Crippen LogP contribution is 2.32. The van der Waals surface area contributed by atoms with Gasteiger partial charge in [-0.2, -0.15) is 4.98 Å². The minimum absolute atomic E-state index is 0.135. The van der Waals surface area contributed by atoms with Crippen LogP contribution in [0.1, 0.15) is 31.2 Å². The van der Waals surface area contributed by atoms with Gasteiger partial charge in [-0.3, -0.25) is 0 Å². The molecular formula is C11H18N4O. The Balaban J connectivity index is 2.21. The molecule has 1 heterocycles. The molecule has 16 heavy (non-hydrogen) atoms. The first kappa shape index (κ1) is 11.1. The quantitative estimate of drug-likeness (QED) is 0.712. The van der Waals surface area contributed by atoms with E-state index >= 15 is 0 Å². The van der Waals surface area contributed by atoms with Crippen LogP contribution in [-0.2, 0) is 0 Å². The number of aryl methyl sites for hydroxylation is 1. The van der Waals surface area contributed by atoms with Crippen molar-refractivity contribution in [3.63, 3.8) is 0 Å². The Morgan fingerprint density at radius 3 is 2.81 bits per heavy atom. The number of rotatable bonds is 3. The molecule has 1 aromatic heterocycles. The molecule has 0 aromatic carbocycles. The van der Waals surface area contributed by atoms with Crippen molar-refractivity contribution < 1.29 is 5.11 Å². The Bertz CT molecular complexity index is 374. The van der Waals surface area contributed by atoms with E-state index in [0.29, 0.717) is 0 Å². The maximum atomic E-state index is 9.50. The monoisotopic (exact) mass is 222 g/mol. The van der Waals surface area contributed by atoms with Crippen LogP contribution in [-0.4, -0.2) is 27.2 Å². The number of nitrogen functional groups attached to an aromatic ring is 1.